The van der Waals surface area contributed by atoms with Crippen molar-refractivity contribution in [2.24, 2.45) is 0 Å². The van der Waals surface area contributed by atoms with Gasteiger partial charge in [0.25, 0.3) is 0 Å². The predicted molar refractivity (Wildman–Crippen MR) is 218 cm³/mol. The molecule has 2 aromatic heterocycles. The van der Waals surface area contributed by atoms with Crippen molar-refractivity contribution in [3.8, 4) is 44.5 Å². The van der Waals surface area contributed by atoms with Gasteiger partial charge in [-0.05, 0) is 96.4 Å². The first kappa shape index (κ1) is 28.9. The summed E-state index contributed by atoms with van der Waals surface area (Å²) >= 11 is 0. The van der Waals surface area contributed by atoms with Gasteiger partial charge in [0.2, 0.25) is 0 Å². The Kier molecular flexibility index (Phi) is 6.28. The van der Waals surface area contributed by atoms with Crippen molar-refractivity contribution in [3.05, 3.63) is 182 Å². The molecule has 0 N–H and O–H groups in total. The Morgan fingerprint density at radius 2 is 0.788 bits per heavy atom. The minimum absolute atomic E-state index is 0.828. The normalized spacial score (nSPS) is 11.8. The van der Waals surface area contributed by atoms with Crippen molar-refractivity contribution in [2.75, 3.05) is 0 Å². The number of hydrogen-bond acceptors (Lipinski definition) is 2. The molecule has 0 atom stereocenters. The van der Waals surface area contributed by atoms with Crippen LogP contribution in [-0.4, -0.2) is 0 Å². The van der Waals surface area contributed by atoms with Gasteiger partial charge in [0.1, 0.15) is 22.3 Å². The van der Waals surface area contributed by atoms with E-state index in [1.807, 2.05) is 12.1 Å². The van der Waals surface area contributed by atoms with Crippen LogP contribution in [0.5, 0.6) is 0 Å². The van der Waals surface area contributed by atoms with Crippen molar-refractivity contribution in [2.45, 2.75) is 0 Å². The average Bonchev–Trinajstić information content (AvgIpc) is 3.78. The highest BCUT2D eigenvalue weighted by Gasteiger charge is 2.23. The average molecular weight is 663 g/mol. The van der Waals surface area contributed by atoms with E-state index >= 15 is 0 Å². The van der Waals surface area contributed by atoms with E-state index in [1.165, 1.54) is 60.5 Å². The first-order valence-corrected chi connectivity index (χ1v) is 17.8. The topological polar surface area (TPSA) is 26.3 Å². The van der Waals surface area contributed by atoms with Gasteiger partial charge in [-0.15, -0.1) is 0 Å². The molecule has 0 saturated carbocycles. The van der Waals surface area contributed by atoms with E-state index in [1.54, 1.807) is 0 Å². The molecule has 2 nitrogen and oxygen atoms in total. The van der Waals surface area contributed by atoms with Gasteiger partial charge in [0, 0.05) is 16.2 Å². The zero-order valence-corrected chi connectivity index (χ0v) is 28.1. The quantitative estimate of drug-likeness (QED) is 0.175. The second-order valence-electron chi connectivity index (χ2n) is 13.5. The highest BCUT2D eigenvalue weighted by Crippen LogP contribution is 2.50. The van der Waals surface area contributed by atoms with Crippen molar-refractivity contribution in [3.63, 3.8) is 0 Å². The minimum atomic E-state index is 0.828. The maximum absolute atomic E-state index is 6.52. The Hall–Kier alpha value is -6.90. The standard InChI is InChI=1S/C50H30O2/c1-3-14-31(15-4-1)34-23-13-24-35(32-16-5-2-6-17-32)47(34)48-39-21-9-7-19-37(39)46(38-20-8-10-22-40(38)48)33-26-28-44-42(30-33)49-45(51-44)29-27-41-36-18-11-12-25-43(36)52-50(41)49/h1-30H. The molecule has 2 heterocycles. The molecule has 11 rings (SSSR count). The number of rotatable bonds is 4. The summed E-state index contributed by atoms with van der Waals surface area (Å²) in [6.45, 7) is 0. The fourth-order valence-electron chi connectivity index (χ4n) is 8.45. The summed E-state index contributed by atoms with van der Waals surface area (Å²) in [5.41, 5.74) is 13.1. The Morgan fingerprint density at radius 3 is 1.42 bits per heavy atom. The van der Waals surface area contributed by atoms with Gasteiger partial charge in [-0.3, -0.25) is 0 Å². The van der Waals surface area contributed by atoms with Crippen LogP contribution in [-0.2, 0) is 0 Å². The van der Waals surface area contributed by atoms with E-state index < -0.39 is 0 Å². The summed E-state index contributed by atoms with van der Waals surface area (Å²) in [4.78, 5) is 0. The van der Waals surface area contributed by atoms with Crippen LogP contribution in [0.2, 0.25) is 0 Å². The molecule has 11 aromatic rings. The summed E-state index contributed by atoms with van der Waals surface area (Å²) in [5, 5.41) is 9.13. The molecule has 0 bridgehead atoms. The molecule has 0 spiro atoms. The van der Waals surface area contributed by atoms with Crippen LogP contribution in [0, 0.1) is 0 Å². The third-order valence-electron chi connectivity index (χ3n) is 10.7. The van der Waals surface area contributed by atoms with Gasteiger partial charge < -0.3 is 8.83 Å². The molecule has 0 saturated heterocycles. The van der Waals surface area contributed by atoms with Gasteiger partial charge in [-0.1, -0.05) is 152 Å². The lowest BCUT2D eigenvalue weighted by molar-refractivity contribution is 0.663. The van der Waals surface area contributed by atoms with Crippen LogP contribution < -0.4 is 0 Å². The number of para-hydroxylation sites is 1. The number of benzene rings is 9. The number of hydrogen-bond donors (Lipinski definition) is 0. The second-order valence-corrected chi connectivity index (χ2v) is 13.5. The summed E-state index contributed by atoms with van der Waals surface area (Å²) in [5.74, 6) is 0. The fraction of sp³-hybridized carbons (Fsp3) is 0. The maximum Gasteiger partial charge on any atom is 0.147 e. The molecular formula is C50H30O2. The highest BCUT2D eigenvalue weighted by atomic mass is 16.3. The zero-order valence-electron chi connectivity index (χ0n) is 28.1. The SMILES string of the molecule is c1ccc(-c2cccc(-c3ccccc3)c2-c2c3ccccc3c(-c3ccc4oc5ccc6c7ccccc7oc6c5c4c3)c3ccccc23)cc1. The molecule has 0 amide bonds. The van der Waals surface area contributed by atoms with E-state index in [0.29, 0.717) is 0 Å². The molecule has 2 heteroatoms. The summed E-state index contributed by atoms with van der Waals surface area (Å²) in [7, 11) is 0. The molecular weight excluding hydrogens is 633 g/mol. The number of furan rings is 2. The van der Waals surface area contributed by atoms with Gasteiger partial charge in [-0.25, -0.2) is 0 Å². The van der Waals surface area contributed by atoms with E-state index in [9.17, 15) is 0 Å². The molecule has 52 heavy (non-hydrogen) atoms. The van der Waals surface area contributed by atoms with Gasteiger partial charge in [0.15, 0.2) is 0 Å². The Labute approximate surface area is 299 Å². The molecule has 0 unspecified atom stereocenters. The van der Waals surface area contributed by atoms with E-state index in [0.717, 1.165) is 49.4 Å². The van der Waals surface area contributed by atoms with Gasteiger partial charge in [-0.2, -0.15) is 0 Å². The van der Waals surface area contributed by atoms with Gasteiger partial charge in [0.05, 0.1) is 5.39 Å². The van der Waals surface area contributed by atoms with Crippen molar-refractivity contribution >= 4 is 65.4 Å². The Balaban J connectivity index is 1.25. The lowest BCUT2D eigenvalue weighted by atomic mass is 9.81. The minimum Gasteiger partial charge on any atom is -0.456 e. The maximum atomic E-state index is 6.52. The first-order chi connectivity index (χ1) is 25.8. The van der Waals surface area contributed by atoms with E-state index in [4.69, 9.17) is 8.83 Å². The van der Waals surface area contributed by atoms with Crippen LogP contribution in [0.4, 0.5) is 0 Å². The predicted octanol–water partition coefficient (Wildman–Crippen LogP) is 14.5. The van der Waals surface area contributed by atoms with E-state index in [-0.39, 0.29) is 0 Å². The summed E-state index contributed by atoms with van der Waals surface area (Å²) in [6.07, 6.45) is 0. The fourth-order valence-corrected chi connectivity index (χ4v) is 8.45. The number of fused-ring (bicyclic) bond motifs is 9. The van der Waals surface area contributed by atoms with Gasteiger partial charge >= 0.3 is 0 Å². The molecule has 0 aliphatic rings. The molecule has 0 aliphatic carbocycles. The third kappa shape index (κ3) is 4.25. The zero-order chi connectivity index (χ0) is 34.2. The molecule has 0 fully saturated rings. The lowest BCUT2D eigenvalue weighted by Gasteiger charge is -2.22. The second kappa shape index (κ2) is 11.3. The lowest BCUT2D eigenvalue weighted by Crippen LogP contribution is -1.95. The van der Waals surface area contributed by atoms with Crippen LogP contribution in [0.15, 0.2) is 191 Å². The van der Waals surface area contributed by atoms with Crippen molar-refractivity contribution in [1.29, 1.82) is 0 Å². The molecule has 9 aromatic carbocycles. The monoisotopic (exact) mass is 662 g/mol. The summed E-state index contributed by atoms with van der Waals surface area (Å²) < 4.78 is 13.0. The first-order valence-electron chi connectivity index (χ1n) is 17.8. The van der Waals surface area contributed by atoms with Crippen LogP contribution in [0.3, 0.4) is 0 Å². The van der Waals surface area contributed by atoms with E-state index in [2.05, 4.69) is 170 Å². The van der Waals surface area contributed by atoms with Crippen molar-refractivity contribution < 1.29 is 8.83 Å². The third-order valence-corrected chi connectivity index (χ3v) is 10.7. The van der Waals surface area contributed by atoms with Crippen LogP contribution in [0.25, 0.3) is 110 Å². The largest absolute Gasteiger partial charge is 0.456 e. The summed E-state index contributed by atoms with van der Waals surface area (Å²) in [6, 6.07) is 65.2. The molecule has 0 aliphatic heterocycles. The molecule has 0 radical (unpaired) electrons. The van der Waals surface area contributed by atoms with Crippen molar-refractivity contribution in [1.82, 2.24) is 0 Å². The highest BCUT2D eigenvalue weighted by molar-refractivity contribution is 6.26. The van der Waals surface area contributed by atoms with Crippen LogP contribution >= 0.6 is 0 Å². The Morgan fingerprint density at radius 1 is 0.269 bits per heavy atom. The molecule has 242 valence electrons. The Bertz CT molecular complexity index is 3050. The smallest absolute Gasteiger partial charge is 0.147 e. The van der Waals surface area contributed by atoms with Crippen LogP contribution in [0.1, 0.15) is 0 Å².